The quantitative estimate of drug-likeness (QED) is 0.258. The number of aromatic nitrogens is 2. The standard InChI is InChI=1S/C28H24ClN5O4S/c1-38-16-24(35)31-21-12-11-19(15-20(21)29)34-26(25(32-28(34)39)22-5-2-3-13-30-22)23-6-4-14-33(23)18-9-7-17(8-10-18)27(36)37/h2-15,25-26H,16H2,1H3,(H,31,35)(H,32,39)(H,36,37). The second-order valence-corrected chi connectivity index (χ2v) is 9.59. The predicted molar refractivity (Wildman–Crippen MR) is 153 cm³/mol. The Morgan fingerprint density at radius 2 is 1.87 bits per heavy atom. The van der Waals surface area contributed by atoms with Crippen molar-refractivity contribution in [2.24, 2.45) is 0 Å². The Morgan fingerprint density at radius 1 is 1.10 bits per heavy atom. The van der Waals surface area contributed by atoms with E-state index in [1.54, 1.807) is 42.6 Å². The van der Waals surface area contributed by atoms with Gasteiger partial charge in [0.25, 0.3) is 0 Å². The van der Waals surface area contributed by atoms with E-state index >= 15 is 0 Å². The van der Waals surface area contributed by atoms with Gasteiger partial charge in [-0.05, 0) is 78.9 Å². The third kappa shape index (κ3) is 5.35. The van der Waals surface area contributed by atoms with Crippen molar-refractivity contribution in [1.29, 1.82) is 0 Å². The Balaban J connectivity index is 1.58. The van der Waals surface area contributed by atoms with Crippen LogP contribution in [0.15, 0.2) is 85.2 Å². The summed E-state index contributed by atoms with van der Waals surface area (Å²) in [7, 11) is 1.44. The number of carbonyl (C=O) groups excluding carboxylic acids is 1. The number of ether oxygens (including phenoxy) is 1. The highest BCUT2D eigenvalue weighted by molar-refractivity contribution is 7.80. The van der Waals surface area contributed by atoms with Crippen LogP contribution >= 0.6 is 23.8 Å². The minimum absolute atomic E-state index is 0.0868. The molecule has 5 rings (SSSR count). The number of halogens is 1. The molecule has 2 aromatic carbocycles. The van der Waals surface area contributed by atoms with Gasteiger partial charge in [0, 0.05) is 36.6 Å². The number of carboxylic acid groups (broad SMARTS) is 1. The summed E-state index contributed by atoms with van der Waals surface area (Å²) in [5, 5.41) is 16.3. The lowest BCUT2D eigenvalue weighted by Gasteiger charge is -2.29. The van der Waals surface area contributed by atoms with Gasteiger partial charge in [0.05, 0.1) is 28.0 Å². The maximum atomic E-state index is 12.0. The van der Waals surface area contributed by atoms with Crippen molar-refractivity contribution in [3.8, 4) is 5.69 Å². The molecule has 9 nitrogen and oxygen atoms in total. The van der Waals surface area contributed by atoms with Crippen LogP contribution < -0.4 is 15.5 Å². The van der Waals surface area contributed by atoms with Crippen LogP contribution in [0.25, 0.3) is 5.69 Å². The zero-order valence-corrected chi connectivity index (χ0v) is 22.3. The highest BCUT2D eigenvalue weighted by Gasteiger charge is 2.42. The number of thiocarbonyl (C=S) groups is 1. The van der Waals surface area contributed by atoms with E-state index in [-0.39, 0.29) is 30.2 Å². The fraction of sp³-hybridized carbons (Fsp3) is 0.143. The van der Waals surface area contributed by atoms with Crippen molar-refractivity contribution in [2.45, 2.75) is 12.1 Å². The Labute approximate surface area is 235 Å². The number of rotatable bonds is 8. The van der Waals surface area contributed by atoms with Gasteiger partial charge in [0.15, 0.2) is 5.11 Å². The first kappa shape index (κ1) is 26.4. The lowest BCUT2D eigenvalue weighted by atomic mass is 10.0. The minimum atomic E-state index is -0.986. The topological polar surface area (TPSA) is 109 Å². The molecule has 198 valence electrons. The second kappa shape index (κ2) is 11.2. The summed E-state index contributed by atoms with van der Waals surface area (Å²) in [6.07, 6.45) is 3.65. The Kier molecular flexibility index (Phi) is 7.60. The highest BCUT2D eigenvalue weighted by atomic mass is 35.5. The maximum absolute atomic E-state index is 12.0. The van der Waals surface area contributed by atoms with Crippen LogP contribution in [0.1, 0.15) is 33.8 Å². The number of amides is 1. The van der Waals surface area contributed by atoms with Gasteiger partial charge in [-0.25, -0.2) is 4.79 Å². The number of aromatic carboxylic acids is 1. The largest absolute Gasteiger partial charge is 0.478 e. The fourth-order valence-corrected chi connectivity index (χ4v) is 5.21. The zero-order valence-electron chi connectivity index (χ0n) is 20.7. The molecule has 1 fully saturated rings. The molecule has 0 spiro atoms. The summed E-state index contributed by atoms with van der Waals surface area (Å²) in [4.78, 5) is 29.9. The van der Waals surface area contributed by atoms with Crippen molar-refractivity contribution in [1.82, 2.24) is 14.9 Å². The second-order valence-electron chi connectivity index (χ2n) is 8.80. The van der Waals surface area contributed by atoms with Crippen LogP contribution in [-0.2, 0) is 9.53 Å². The monoisotopic (exact) mass is 561 g/mol. The molecular weight excluding hydrogens is 538 g/mol. The van der Waals surface area contributed by atoms with Crippen molar-refractivity contribution in [2.75, 3.05) is 23.9 Å². The van der Waals surface area contributed by atoms with Crippen LogP contribution in [0.3, 0.4) is 0 Å². The van der Waals surface area contributed by atoms with Gasteiger partial charge in [-0.3, -0.25) is 9.78 Å². The molecule has 2 aromatic heterocycles. The third-order valence-electron chi connectivity index (χ3n) is 6.35. The van der Waals surface area contributed by atoms with Gasteiger partial charge in [-0.2, -0.15) is 0 Å². The normalized spacial score (nSPS) is 16.7. The molecular formula is C28H24ClN5O4S. The lowest BCUT2D eigenvalue weighted by molar-refractivity contribution is -0.119. The number of carbonyl (C=O) groups is 2. The molecule has 0 radical (unpaired) electrons. The molecule has 2 atom stereocenters. The summed E-state index contributed by atoms with van der Waals surface area (Å²) in [6.45, 7) is -0.0868. The Morgan fingerprint density at radius 3 is 2.54 bits per heavy atom. The van der Waals surface area contributed by atoms with Gasteiger partial charge < -0.3 is 29.9 Å². The molecule has 1 amide bonds. The Bertz CT molecular complexity index is 1530. The van der Waals surface area contributed by atoms with Gasteiger partial charge >= 0.3 is 5.97 Å². The van der Waals surface area contributed by atoms with Crippen molar-refractivity contribution < 1.29 is 19.4 Å². The smallest absolute Gasteiger partial charge is 0.335 e. The van der Waals surface area contributed by atoms with Crippen molar-refractivity contribution in [3.63, 3.8) is 0 Å². The number of methoxy groups -OCH3 is 1. The molecule has 1 aliphatic rings. The number of pyridine rings is 1. The molecule has 39 heavy (non-hydrogen) atoms. The van der Waals surface area contributed by atoms with Gasteiger partial charge in [0.1, 0.15) is 12.6 Å². The number of carboxylic acids is 1. The number of anilines is 2. The fourth-order valence-electron chi connectivity index (χ4n) is 4.64. The van der Waals surface area contributed by atoms with E-state index in [2.05, 4.69) is 15.6 Å². The highest BCUT2D eigenvalue weighted by Crippen LogP contribution is 2.43. The van der Waals surface area contributed by atoms with Crippen molar-refractivity contribution >= 4 is 52.2 Å². The number of benzene rings is 2. The van der Waals surface area contributed by atoms with E-state index in [1.807, 2.05) is 52.1 Å². The molecule has 1 saturated heterocycles. The molecule has 2 unspecified atom stereocenters. The summed E-state index contributed by atoms with van der Waals surface area (Å²) >= 11 is 12.4. The number of hydrogen-bond acceptors (Lipinski definition) is 5. The first-order valence-electron chi connectivity index (χ1n) is 12.0. The van der Waals surface area contributed by atoms with Crippen LogP contribution in [-0.4, -0.2) is 45.4 Å². The number of nitrogens with zero attached hydrogens (tertiary/aromatic N) is 3. The average Bonchev–Trinajstić information content (AvgIpc) is 3.55. The third-order valence-corrected chi connectivity index (χ3v) is 6.98. The van der Waals surface area contributed by atoms with Gasteiger partial charge in [0.2, 0.25) is 5.91 Å². The molecule has 11 heteroatoms. The first-order valence-corrected chi connectivity index (χ1v) is 12.8. The molecule has 4 aromatic rings. The lowest BCUT2D eigenvalue weighted by Crippen LogP contribution is -2.30. The van der Waals surface area contributed by atoms with E-state index < -0.39 is 5.97 Å². The summed E-state index contributed by atoms with van der Waals surface area (Å²) in [5.41, 5.74) is 3.88. The first-order chi connectivity index (χ1) is 18.9. The molecule has 0 aliphatic carbocycles. The van der Waals surface area contributed by atoms with E-state index in [9.17, 15) is 14.7 Å². The van der Waals surface area contributed by atoms with Gasteiger partial charge in [-0.15, -0.1) is 0 Å². The molecule has 0 bridgehead atoms. The van der Waals surface area contributed by atoms with E-state index in [0.717, 1.165) is 22.8 Å². The van der Waals surface area contributed by atoms with Crippen molar-refractivity contribution in [3.05, 3.63) is 107 Å². The SMILES string of the molecule is COCC(=O)Nc1ccc(N2C(=S)NC(c3ccccn3)C2c2cccn2-c2ccc(C(=O)O)cc2)cc1Cl. The van der Waals surface area contributed by atoms with Crippen LogP contribution in [0.4, 0.5) is 11.4 Å². The van der Waals surface area contributed by atoms with Crippen LogP contribution in [0.5, 0.6) is 0 Å². The number of nitrogens with one attached hydrogen (secondary N) is 2. The summed E-state index contributed by atoms with van der Waals surface area (Å²) in [5.74, 6) is -1.30. The average molecular weight is 562 g/mol. The molecule has 1 aliphatic heterocycles. The van der Waals surface area contributed by atoms with Crippen LogP contribution in [0, 0.1) is 0 Å². The van der Waals surface area contributed by atoms with Gasteiger partial charge in [-0.1, -0.05) is 17.7 Å². The molecule has 3 heterocycles. The minimum Gasteiger partial charge on any atom is -0.478 e. The molecule has 3 N–H and O–H groups in total. The van der Waals surface area contributed by atoms with Crippen LogP contribution in [0.2, 0.25) is 5.02 Å². The number of hydrogen-bond donors (Lipinski definition) is 3. The zero-order chi connectivity index (χ0) is 27.5. The van der Waals surface area contributed by atoms with E-state index in [1.165, 1.54) is 7.11 Å². The maximum Gasteiger partial charge on any atom is 0.335 e. The van der Waals surface area contributed by atoms with E-state index in [4.69, 9.17) is 28.6 Å². The van der Waals surface area contributed by atoms with E-state index in [0.29, 0.717) is 15.8 Å². The predicted octanol–water partition coefficient (Wildman–Crippen LogP) is 4.99. The summed E-state index contributed by atoms with van der Waals surface area (Å²) < 4.78 is 6.88. The Hall–Kier alpha value is -4.25. The summed E-state index contributed by atoms with van der Waals surface area (Å²) in [6, 6.07) is 21.0. The molecule has 0 saturated carbocycles.